The molecule has 0 bridgehead atoms. The zero-order valence-corrected chi connectivity index (χ0v) is 14.0. The summed E-state index contributed by atoms with van der Waals surface area (Å²) in [5.74, 6) is -0.0224. The molecule has 0 saturated carbocycles. The maximum atomic E-state index is 13.3. The van der Waals surface area contributed by atoms with Crippen molar-refractivity contribution in [1.29, 1.82) is 0 Å². The van der Waals surface area contributed by atoms with Gasteiger partial charge < -0.3 is 5.32 Å². The fourth-order valence-corrected chi connectivity index (χ4v) is 2.49. The number of halogens is 1. The van der Waals surface area contributed by atoms with Gasteiger partial charge in [0.15, 0.2) is 0 Å². The molecular weight excluding hydrogens is 319 g/mol. The number of nitrogens with zero attached hydrogens (tertiary/aromatic N) is 3. The first-order valence-electron chi connectivity index (χ1n) is 7.82. The minimum absolute atomic E-state index is 0.243. The van der Waals surface area contributed by atoms with Gasteiger partial charge in [0.1, 0.15) is 11.6 Å². The van der Waals surface area contributed by atoms with Gasteiger partial charge in [-0.05, 0) is 44.2 Å². The average molecular weight is 336 g/mol. The molecule has 0 aliphatic rings. The molecule has 3 aromatic rings. The lowest BCUT2D eigenvalue weighted by molar-refractivity contribution is 0.0949. The summed E-state index contributed by atoms with van der Waals surface area (Å²) in [6.45, 7) is 4.01. The molecule has 0 fully saturated rings. The van der Waals surface area contributed by atoms with E-state index in [4.69, 9.17) is 0 Å². The van der Waals surface area contributed by atoms with Crippen LogP contribution in [0.2, 0.25) is 0 Å². The molecule has 1 aromatic carbocycles. The molecule has 1 N–H and O–H groups in total. The Bertz CT molecular complexity index is 889. The van der Waals surface area contributed by atoms with Crippen LogP contribution in [0.4, 0.5) is 4.39 Å². The van der Waals surface area contributed by atoms with Gasteiger partial charge in [-0.1, -0.05) is 12.1 Å². The standard InChI is InChI=1S/C19H17FN4O/c1-12-8-13(2)24-18(23-12)11-22-19(25)15-6-7-17(21-10-15)14-4-3-5-16(20)9-14/h3-10H,11H2,1-2H3,(H,22,25). The van der Waals surface area contributed by atoms with Gasteiger partial charge in [0, 0.05) is 23.1 Å². The Morgan fingerprint density at radius 2 is 1.84 bits per heavy atom. The number of aryl methyl sites for hydroxylation is 2. The summed E-state index contributed by atoms with van der Waals surface area (Å²) in [5.41, 5.74) is 3.41. The van der Waals surface area contributed by atoms with E-state index >= 15 is 0 Å². The molecule has 3 rings (SSSR count). The number of nitrogens with one attached hydrogen (secondary N) is 1. The highest BCUT2D eigenvalue weighted by atomic mass is 19.1. The third-order valence-corrected chi connectivity index (χ3v) is 3.58. The molecular formula is C19H17FN4O. The van der Waals surface area contributed by atoms with E-state index in [2.05, 4.69) is 20.3 Å². The third kappa shape index (κ3) is 4.23. The normalized spacial score (nSPS) is 10.5. The molecule has 0 unspecified atom stereocenters. The van der Waals surface area contributed by atoms with Gasteiger partial charge in [-0.25, -0.2) is 14.4 Å². The maximum absolute atomic E-state index is 13.3. The quantitative estimate of drug-likeness (QED) is 0.794. The number of hydrogen-bond donors (Lipinski definition) is 1. The predicted molar refractivity (Wildman–Crippen MR) is 92.3 cm³/mol. The zero-order valence-electron chi connectivity index (χ0n) is 14.0. The Hall–Kier alpha value is -3.15. The number of pyridine rings is 1. The monoisotopic (exact) mass is 336 g/mol. The summed E-state index contributed by atoms with van der Waals surface area (Å²) >= 11 is 0. The minimum atomic E-state index is -0.324. The lowest BCUT2D eigenvalue weighted by Crippen LogP contribution is -2.24. The zero-order chi connectivity index (χ0) is 17.8. The highest BCUT2D eigenvalue weighted by Crippen LogP contribution is 2.17. The van der Waals surface area contributed by atoms with Crippen molar-refractivity contribution in [2.75, 3.05) is 0 Å². The second-order valence-corrected chi connectivity index (χ2v) is 5.69. The number of hydrogen-bond acceptors (Lipinski definition) is 4. The van der Waals surface area contributed by atoms with Crippen molar-refractivity contribution in [3.05, 3.63) is 77.3 Å². The van der Waals surface area contributed by atoms with Crippen LogP contribution in [-0.4, -0.2) is 20.9 Å². The summed E-state index contributed by atoms with van der Waals surface area (Å²) in [5, 5.41) is 2.77. The first-order chi connectivity index (χ1) is 12.0. The second-order valence-electron chi connectivity index (χ2n) is 5.69. The van der Waals surface area contributed by atoms with Crippen LogP contribution < -0.4 is 5.32 Å². The van der Waals surface area contributed by atoms with Crippen LogP contribution in [0.5, 0.6) is 0 Å². The van der Waals surface area contributed by atoms with Crippen LogP contribution in [0.25, 0.3) is 11.3 Å². The van der Waals surface area contributed by atoms with E-state index in [0.29, 0.717) is 22.6 Å². The second kappa shape index (κ2) is 7.17. The molecule has 0 saturated heterocycles. The molecule has 0 atom stereocenters. The fourth-order valence-electron chi connectivity index (χ4n) is 2.49. The number of carbonyl (C=O) groups excluding carboxylic acids is 1. The van der Waals surface area contributed by atoms with Crippen molar-refractivity contribution >= 4 is 5.91 Å². The van der Waals surface area contributed by atoms with E-state index in [1.54, 1.807) is 24.3 Å². The van der Waals surface area contributed by atoms with E-state index in [1.807, 2.05) is 19.9 Å². The van der Waals surface area contributed by atoms with Crippen LogP contribution in [-0.2, 0) is 6.54 Å². The van der Waals surface area contributed by atoms with Gasteiger partial charge in [0.05, 0.1) is 17.8 Å². The highest BCUT2D eigenvalue weighted by molar-refractivity contribution is 5.94. The largest absolute Gasteiger partial charge is 0.345 e. The molecule has 126 valence electrons. The maximum Gasteiger partial charge on any atom is 0.253 e. The van der Waals surface area contributed by atoms with E-state index < -0.39 is 0 Å². The number of amides is 1. The molecule has 2 heterocycles. The van der Waals surface area contributed by atoms with Crippen molar-refractivity contribution < 1.29 is 9.18 Å². The Morgan fingerprint density at radius 3 is 2.48 bits per heavy atom. The highest BCUT2D eigenvalue weighted by Gasteiger charge is 2.08. The van der Waals surface area contributed by atoms with Crippen LogP contribution in [0.3, 0.4) is 0 Å². The van der Waals surface area contributed by atoms with Crippen molar-refractivity contribution in [3.8, 4) is 11.3 Å². The molecule has 0 spiro atoms. The first kappa shape index (κ1) is 16.7. The van der Waals surface area contributed by atoms with Crippen molar-refractivity contribution in [2.45, 2.75) is 20.4 Å². The van der Waals surface area contributed by atoms with Crippen molar-refractivity contribution in [3.63, 3.8) is 0 Å². The lowest BCUT2D eigenvalue weighted by Gasteiger charge is -2.07. The fraction of sp³-hybridized carbons (Fsp3) is 0.158. The molecule has 2 aromatic heterocycles. The van der Waals surface area contributed by atoms with Crippen LogP contribution in [0.1, 0.15) is 27.6 Å². The van der Waals surface area contributed by atoms with E-state index in [1.165, 1.54) is 18.3 Å². The molecule has 5 nitrogen and oxygen atoms in total. The van der Waals surface area contributed by atoms with Crippen LogP contribution in [0, 0.1) is 19.7 Å². The summed E-state index contributed by atoms with van der Waals surface area (Å²) in [7, 11) is 0. The van der Waals surface area contributed by atoms with Crippen molar-refractivity contribution in [1.82, 2.24) is 20.3 Å². The van der Waals surface area contributed by atoms with Gasteiger partial charge in [-0.3, -0.25) is 9.78 Å². The Morgan fingerprint density at radius 1 is 1.08 bits per heavy atom. The topological polar surface area (TPSA) is 67.8 Å². The average Bonchev–Trinajstić information content (AvgIpc) is 2.59. The van der Waals surface area contributed by atoms with Gasteiger partial charge >= 0.3 is 0 Å². The predicted octanol–water partition coefficient (Wildman–Crippen LogP) is 3.22. The van der Waals surface area contributed by atoms with E-state index in [-0.39, 0.29) is 18.3 Å². The molecule has 0 radical (unpaired) electrons. The van der Waals surface area contributed by atoms with Crippen molar-refractivity contribution in [2.24, 2.45) is 0 Å². The summed E-state index contributed by atoms with van der Waals surface area (Å²) < 4.78 is 13.3. The third-order valence-electron chi connectivity index (χ3n) is 3.58. The Kier molecular flexibility index (Phi) is 4.79. The SMILES string of the molecule is Cc1cc(C)nc(CNC(=O)c2ccc(-c3cccc(F)c3)nc2)n1. The number of rotatable bonds is 4. The van der Waals surface area contributed by atoms with Gasteiger partial charge in [0.2, 0.25) is 0 Å². The summed E-state index contributed by atoms with van der Waals surface area (Å²) in [6.07, 6.45) is 1.47. The van der Waals surface area contributed by atoms with Gasteiger partial charge in [0.25, 0.3) is 5.91 Å². The Balaban J connectivity index is 1.68. The first-order valence-corrected chi connectivity index (χ1v) is 7.82. The smallest absolute Gasteiger partial charge is 0.253 e. The van der Waals surface area contributed by atoms with Gasteiger partial charge in [-0.2, -0.15) is 0 Å². The number of aromatic nitrogens is 3. The number of carbonyl (C=O) groups is 1. The summed E-state index contributed by atoms with van der Waals surface area (Å²) in [4.78, 5) is 25.0. The molecule has 1 amide bonds. The molecule has 25 heavy (non-hydrogen) atoms. The van der Waals surface area contributed by atoms with Crippen LogP contribution in [0.15, 0.2) is 48.7 Å². The molecule has 0 aliphatic heterocycles. The van der Waals surface area contributed by atoms with E-state index in [9.17, 15) is 9.18 Å². The number of benzene rings is 1. The lowest BCUT2D eigenvalue weighted by atomic mass is 10.1. The van der Waals surface area contributed by atoms with Gasteiger partial charge in [-0.15, -0.1) is 0 Å². The minimum Gasteiger partial charge on any atom is -0.345 e. The Labute approximate surface area is 145 Å². The van der Waals surface area contributed by atoms with E-state index in [0.717, 1.165) is 11.4 Å². The molecule has 0 aliphatic carbocycles. The van der Waals surface area contributed by atoms with Crippen LogP contribution >= 0.6 is 0 Å². The molecule has 6 heteroatoms. The summed E-state index contributed by atoms with van der Waals surface area (Å²) in [6, 6.07) is 11.4.